The molecule has 0 aromatic heterocycles. The molecule has 0 aliphatic heterocycles. The molecular formula is C18H31O. The predicted molar refractivity (Wildman–Crippen MR) is 85.1 cm³/mol. The zero-order valence-electron chi connectivity index (χ0n) is 12.7. The molecule has 0 aromatic carbocycles. The van der Waals surface area contributed by atoms with Crippen LogP contribution in [0, 0.1) is 0 Å². The Hall–Kier alpha value is -0.850. The van der Waals surface area contributed by atoms with E-state index in [2.05, 4.69) is 31.2 Å². The van der Waals surface area contributed by atoms with Crippen LogP contribution >= 0.6 is 0 Å². The molecule has 0 fully saturated rings. The van der Waals surface area contributed by atoms with Crippen molar-refractivity contribution in [2.24, 2.45) is 0 Å². The Bertz CT molecular complexity index is 228. The highest BCUT2D eigenvalue weighted by Crippen LogP contribution is 2.08. The number of hydrogen-bond donors (Lipinski definition) is 0. The smallest absolute Gasteiger partial charge is 0.198 e. The summed E-state index contributed by atoms with van der Waals surface area (Å²) in [5, 5.41) is 0. The molecule has 0 bridgehead atoms. The normalized spacial score (nSPS) is 11.6. The molecule has 0 unspecified atom stereocenters. The maximum atomic E-state index is 10.0. The van der Waals surface area contributed by atoms with E-state index >= 15 is 0 Å². The third-order valence-electron chi connectivity index (χ3n) is 3.26. The third kappa shape index (κ3) is 17.1. The summed E-state index contributed by atoms with van der Waals surface area (Å²) in [6, 6.07) is 0. The van der Waals surface area contributed by atoms with Crippen molar-refractivity contribution in [2.75, 3.05) is 0 Å². The Balaban J connectivity index is 3.14. The van der Waals surface area contributed by atoms with Gasteiger partial charge in [0.05, 0.1) is 0 Å². The fraction of sp³-hybridized carbons (Fsp3) is 0.722. The zero-order chi connectivity index (χ0) is 14.0. The van der Waals surface area contributed by atoms with Gasteiger partial charge >= 0.3 is 0 Å². The maximum Gasteiger partial charge on any atom is 0.198 e. The molecule has 109 valence electrons. The van der Waals surface area contributed by atoms with Crippen molar-refractivity contribution < 1.29 is 4.79 Å². The van der Waals surface area contributed by atoms with Crippen LogP contribution in [0.4, 0.5) is 0 Å². The highest BCUT2D eigenvalue weighted by atomic mass is 16.1. The van der Waals surface area contributed by atoms with Gasteiger partial charge in [-0.3, -0.25) is 4.79 Å². The van der Waals surface area contributed by atoms with E-state index in [0.717, 1.165) is 6.42 Å². The second-order valence-electron chi connectivity index (χ2n) is 5.16. The molecule has 0 aliphatic carbocycles. The minimum Gasteiger partial charge on any atom is -0.291 e. The van der Waals surface area contributed by atoms with Gasteiger partial charge in [0, 0.05) is 6.42 Å². The molecule has 0 saturated heterocycles. The molecule has 0 rings (SSSR count). The first-order valence-electron chi connectivity index (χ1n) is 8.08. The van der Waals surface area contributed by atoms with Crippen LogP contribution in [0.2, 0.25) is 0 Å². The molecule has 1 radical (unpaired) electrons. The van der Waals surface area contributed by atoms with Gasteiger partial charge in [0.15, 0.2) is 6.29 Å². The van der Waals surface area contributed by atoms with Gasteiger partial charge in [-0.05, 0) is 32.1 Å². The van der Waals surface area contributed by atoms with Crippen LogP contribution in [0.1, 0.15) is 84.0 Å². The van der Waals surface area contributed by atoms with Crippen molar-refractivity contribution >= 4 is 6.29 Å². The molecule has 1 nitrogen and oxygen atoms in total. The summed E-state index contributed by atoms with van der Waals surface area (Å²) in [6.07, 6.45) is 25.3. The number of hydrogen-bond acceptors (Lipinski definition) is 1. The Kier molecular flexibility index (Phi) is 16.4. The Morgan fingerprint density at radius 3 is 1.84 bits per heavy atom. The van der Waals surface area contributed by atoms with Crippen LogP contribution in [0.25, 0.3) is 0 Å². The Morgan fingerprint density at radius 2 is 1.26 bits per heavy atom. The van der Waals surface area contributed by atoms with E-state index in [-0.39, 0.29) is 0 Å². The minimum atomic E-state index is 0.618. The van der Waals surface area contributed by atoms with E-state index in [1.807, 2.05) is 6.29 Å². The van der Waals surface area contributed by atoms with Gasteiger partial charge in [0.25, 0.3) is 0 Å². The van der Waals surface area contributed by atoms with Crippen molar-refractivity contribution in [3.05, 3.63) is 24.3 Å². The van der Waals surface area contributed by atoms with Gasteiger partial charge < -0.3 is 0 Å². The summed E-state index contributed by atoms with van der Waals surface area (Å²) in [4.78, 5) is 10.0. The van der Waals surface area contributed by atoms with Crippen molar-refractivity contribution in [1.82, 2.24) is 0 Å². The van der Waals surface area contributed by atoms with Crippen molar-refractivity contribution in [3.8, 4) is 0 Å². The molecular weight excluding hydrogens is 232 g/mol. The van der Waals surface area contributed by atoms with Gasteiger partial charge in [-0.15, -0.1) is 0 Å². The number of unbranched alkanes of at least 4 members (excludes halogenated alkanes) is 10. The molecule has 0 aromatic rings. The maximum absolute atomic E-state index is 10.0. The van der Waals surface area contributed by atoms with E-state index in [1.165, 1.54) is 64.2 Å². The monoisotopic (exact) mass is 263 g/mol. The van der Waals surface area contributed by atoms with Gasteiger partial charge in [0.2, 0.25) is 0 Å². The summed E-state index contributed by atoms with van der Waals surface area (Å²) in [7, 11) is 0. The molecule has 0 spiro atoms. The first-order chi connectivity index (χ1) is 9.41. The molecule has 0 aliphatic rings. The fourth-order valence-electron chi connectivity index (χ4n) is 2.03. The van der Waals surface area contributed by atoms with E-state index in [4.69, 9.17) is 0 Å². The molecule has 0 atom stereocenters. The highest BCUT2D eigenvalue weighted by Gasteiger charge is 1.90. The molecule has 0 heterocycles. The molecule has 0 N–H and O–H groups in total. The molecule has 1 heteroatoms. The van der Waals surface area contributed by atoms with Crippen LogP contribution in [-0.2, 0) is 4.79 Å². The van der Waals surface area contributed by atoms with E-state index < -0.39 is 0 Å². The van der Waals surface area contributed by atoms with Gasteiger partial charge in [-0.25, -0.2) is 0 Å². The molecule has 0 amide bonds. The second kappa shape index (κ2) is 17.2. The van der Waals surface area contributed by atoms with Gasteiger partial charge in [0.1, 0.15) is 0 Å². The Labute approximate surface area is 120 Å². The summed E-state index contributed by atoms with van der Waals surface area (Å²) in [6.45, 7) is 2.24. The topological polar surface area (TPSA) is 17.1 Å². The lowest BCUT2D eigenvalue weighted by Gasteiger charge is -1.98. The number of carbonyl (C=O) groups excluding carboxylic acids is 1. The lowest BCUT2D eigenvalue weighted by Crippen LogP contribution is -1.80. The lowest BCUT2D eigenvalue weighted by atomic mass is 10.1. The van der Waals surface area contributed by atoms with Crippen LogP contribution < -0.4 is 0 Å². The fourth-order valence-corrected chi connectivity index (χ4v) is 2.03. The first-order valence-corrected chi connectivity index (χ1v) is 8.08. The molecule has 0 saturated carbocycles. The quantitative estimate of drug-likeness (QED) is 0.281. The summed E-state index contributed by atoms with van der Waals surface area (Å²) in [5.41, 5.74) is 0. The average Bonchev–Trinajstić information content (AvgIpc) is 2.43. The van der Waals surface area contributed by atoms with E-state index in [0.29, 0.717) is 6.42 Å². The van der Waals surface area contributed by atoms with Crippen LogP contribution in [-0.4, -0.2) is 6.29 Å². The van der Waals surface area contributed by atoms with Crippen LogP contribution in [0.3, 0.4) is 0 Å². The second-order valence-corrected chi connectivity index (χ2v) is 5.16. The SMILES string of the molecule is CCCCCC=CC=CCCCCCCCC[C]=O. The van der Waals surface area contributed by atoms with Gasteiger partial charge in [-0.2, -0.15) is 0 Å². The summed E-state index contributed by atoms with van der Waals surface area (Å²) >= 11 is 0. The van der Waals surface area contributed by atoms with Crippen molar-refractivity contribution in [3.63, 3.8) is 0 Å². The van der Waals surface area contributed by atoms with E-state index in [9.17, 15) is 4.79 Å². The largest absolute Gasteiger partial charge is 0.291 e. The first kappa shape index (κ1) is 18.1. The van der Waals surface area contributed by atoms with Crippen molar-refractivity contribution in [1.29, 1.82) is 0 Å². The van der Waals surface area contributed by atoms with Crippen molar-refractivity contribution in [2.45, 2.75) is 84.0 Å². The number of allylic oxidation sites excluding steroid dienone is 4. The highest BCUT2D eigenvalue weighted by molar-refractivity contribution is 5.50. The predicted octanol–water partition coefficient (Wildman–Crippen LogP) is 5.91. The van der Waals surface area contributed by atoms with Gasteiger partial charge in [-0.1, -0.05) is 69.8 Å². The average molecular weight is 263 g/mol. The zero-order valence-corrected chi connectivity index (χ0v) is 12.7. The van der Waals surface area contributed by atoms with E-state index in [1.54, 1.807) is 0 Å². The standard InChI is InChI=1S/C18H31O/c1-2-3-4-5-6-7-8-9-10-11-12-13-14-15-16-17-18-19/h6-9H,2-5,10-17H2,1H3. The summed E-state index contributed by atoms with van der Waals surface area (Å²) < 4.78 is 0. The Morgan fingerprint density at radius 1 is 0.737 bits per heavy atom. The van der Waals surface area contributed by atoms with Crippen LogP contribution in [0.15, 0.2) is 24.3 Å². The number of rotatable bonds is 14. The van der Waals surface area contributed by atoms with Crippen LogP contribution in [0.5, 0.6) is 0 Å². The summed E-state index contributed by atoms with van der Waals surface area (Å²) in [5.74, 6) is 0. The minimum absolute atomic E-state index is 0.618. The lowest BCUT2D eigenvalue weighted by molar-refractivity contribution is 0.541. The third-order valence-corrected chi connectivity index (χ3v) is 3.26. The molecule has 19 heavy (non-hydrogen) atoms.